The molecular weight excluding hydrogens is 200 g/mol. The Labute approximate surface area is 95.9 Å². The van der Waals surface area contributed by atoms with Crippen molar-refractivity contribution >= 4 is 0 Å². The third-order valence-corrected chi connectivity index (χ3v) is 4.04. The molecule has 3 N–H and O–H groups in total. The van der Waals surface area contributed by atoms with Crippen LogP contribution < -0.4 is 5.73 Å². The second-order valence-electron chi connectivity index (χ2n) is 5.05. The molecule has 2 fully saturated rings. The van der Waals surface area contributed by atoms with Gasteiger partial charge >= 0.3 is 0 Å². The fraction of sp³-hybridized carbons (Fsp3) is 0.538. The van der Waals surface area contributed by atoms with E-state index < -0.39 is 0 Å². The van der Waals surface area contributed by atoms with Crippen LogP contribution in [0.5, 0.6) is 0 Å². The Morgan fingerprint density at radius 3 is 2.69 bits per heavy atom. The molecule has 1 saturated carbocycles. The first kappa shape index (κ1) is 10.3. The van der Waals surface area contributed by atoms with Gasteiger partial charge in [0.2, 0.25) is 0 Å². The van der Waals surface area contributed by atoms with Gasteiger partial charge in [0.05, 0.1) is 6.10 Å². The molecule has 16 heavy (non-hydrogen) atoms. The summed E-state index contributed by atoms with van der Waals surface area (Å²) in [5.74, 6) is 0.490. The number of piperidine rings is 1. The maximum absolute atomic E-state index is 9.97. The topological polar surface area (TPSA) is 49.5 Å². The van der Waals surface area contributed by atoms with Gasteiger partial charge in [-0.2, -0.15) is 0 Å². The van der Waals surface area contributed by atoms with Crippen molar-refractivity contribution in [1.29, 1.82) is 0 Å². The van der Waals surface area contributed by atoms with Gasteiger partial charge in [0, 0.05) is 25.2 Å². The van der Waals surface area contributed by atoms with Crippen LogP contribution in [0.1, 0.15) is 12.0 Å². The first-order valence-corrected chi connectivity index (χ1v) is 5.97. The highest BCUT2D eigenvalue weighted by molar-refractivity contribution is 5.16. The first-order chi connectivity index (χ1) is 7.75. The van der Waals surface area contributed by atoms with Gasteiger partial charge < -0.3 is 10.8 Å². The van der Waals surface area contributed by atoms with Crippen LogP contribution in [0.3, 0.4) is 0 Å². The average molecular weight is 218 g/mol. The molecule has 1 aromatic carbocycles. The van der Waals surface area contributed by atoms with Crippen LogP contribution in [0.15, 0.2) is 30.3 Å². The van der Waals surface area contributed by atoms with Crippen LogP contribution in [0.25, 0.3) is 0 Å². The molecule has 3 heteroatoms. The summed E-state index contributed by atoms with van der Waals surface area (Å²) in [6, 6.07) is 10.7. The summed E-state index contributed by atoms with van der Waals surface area (Å²) in [4.78, 5) is 2.37. The van der Waals surface area contributed by atoms with Crippen molar-refractivity contribution in [2.24, 2.45) is 11.7 Å². The Balaban J connectivity index is 1.71. The van der Waals surface area contributed by atoms with E-state index >= 15 is 0 Å². The molecule has 2 bridgehead atoms. The van der Waals surface area contributed by atoms with Gasteiger partial charge in [-0.15, -0.1) is 0 Å². The van der Waals surface area contributed by atoms with E-state index in [0.29, 0.717) is 5.92 Å². The van der Waals surface area contributed by atoms with Crippen LogP contribution in [0.4, 0.5) is 0 Å². The number of aliphatic hydroxyl groups is 1. The van der Waals surface area contributed by atoms with Gasteiger partial charge in [-0.25, -0.2) is 0 Å². The molecule has 1 aliphatic heterocycles. The lowest BCUT2D eigenvalue weighted by Gasteiger charge is -2.33. The summed E-state index contributed by atoms with van der Waals surface area (Å²) >= 11 is 0. The van der Waals surface area contributed by atoms with Gasteiger partial charge in [0.25, 0.3) is 0 Å². The van der Waals surface area contributed by atoms with Crippen molar-refractivity contribution in [2.75, 3.05) is 6.54 Å². The Hall–Kier alpha value is -0.900. The van der Waals surface area contributed by atoms with Gasteiger partial charge in [0.15, 0.2) is 0 Å². The Kier molecular flexibility index (Phi) is 2.46. The van der Waals surface area contributed by atoms with Gasteiger partial charge in [-0.3, -0.25) is 4.90 Å². The molecule has 0 radical (unpaired) electrons. The van der Waals surface area contributed by atoms with Crippen molar-refractivity contribution < 1.29 is 5.11 Å². The second-order valence-corrected chi connectivity index (χ2v) is 5.05. The first-order valence-electron chi connectivity index (χ1n) is 5.97. The normalized spacial score (nSPS) is 38.1. The van der Waals surface area contributed by atoms with Crippen LogP contribution in [0, 0.1) is 5.92 Å². The number of rotatable bonds is 2. The number of fused-ring (bicyclic) bond motifs is 2. The van der Waals surface area contributed by atoms with Gasteiger partial charge in [-0.05, 0) is 17.9 Å². The highest BCUT2D eigenvalue weighted by Gasteiger charge is 2.49. The molecule has 86 valence electrons. The molecule has 3 nitrogen and oxygen atoms in total. The van der Waals surface area contributed by atoms with Crippen LogP contribution in [-0.2, 0) is 6.54 Å². The standard InChI is InChI=1S/C13H18N2O/c14-12-10-6-11(13(12)16)15(8-10)7-9-4-2-1-3-5-9/h1-5,10-13,16H,6-8,14H2/t10-,11-,12-,13+/m0/s1. The fourth-order valence-electron chi connectivity index (χ4n) is 3.14. The van der Waals surface area contributed by atoms with Crippen molar-refractivity contribution in [2.45, 2.75) is 31.2 Å². The van der Waals surface area contributed by atoms with E-state index in [0.717, 1.165) is 19.5 Å². The number of aliphatic hydroxyl groups excluding tert-OH is 1. The lowest BCUT2D eigenvalue weighted by atomic mass is 10.0. The predicted octanol–water partition coefficient (Wildman–Crippen LogP) is 0.579. The summed E-state index contributed by atoms with van der Waals surface area (Å²) in [5, 5.41) is 9.97. The molecule has 4 atom stereocenters. The van der Waals surface area contributed by atoms with E-state index in [9.17, 15) is 5.11 Å². The van der Waals surface area contributed by atoms with Crippen LogP contribution in [-0.4, -0.2) is 34.7 Å². The summed E-state index contributed by atoms with van der Waals surface area (Å²) < 4.78 is 0. The minimum absolute atomic E-state index is 0.00276. The smallest absolute Gasteiger partial charge is 0.0849 e. The van der Waals surface area contributed by atoms with Gasteiger partial charge in [0.1, 0.15) is 0 Å². The Bertz CT molecular complexity index is 365. The second kappa shape index (κ2) is 3.84. The quantitative estimate of drug-likeness (QED) is 0.763. The number of nitrogens with two attached hydrogens (primary N) is 1. The third-order valence-electron chi connectivity index (χ3n) is 4.04. The van der Waals surface area contributed by atoms with Crippen molar-refractivity contribution in [1.82, 2.24) is 4.90 Å². The molecular formula is C13H18N2O. The van der Waals surface area contributed by atoms with E-state index in [-0.39, 0.29) is 18.2 Å². The zero-order chi connectivity index (χ0) is 11.1. The summed E-state index contributed by atoms with van der Waals surface area (Å²) in [7, 11) is 0. The van der Waals surface area contributed by atoms with Crippen LogP contribution in [0.2, 0.25) is 0 Å². The van der Waals surface area contributed by atoms with Crippen LogP contribution >= 0.6 is 0 Å². The number of benzene rings is 1. The van der Waals surface area contributed by atoms with E-state index in [1.54, 1.807) is 0 Å². The minimum Gasteiger partial charge on any atom is -0.390 e. The van der Waals surface area contributed by atoms with Crippen molar-refractivity contribution in [3.8, 4) is 0 Å². The summed E-state index contributed by atoms with van der Waals surface area (Å²) in [6.07, 6.45) is 0.734. The van der Waals surface area contributed by atoms with Crippen molar-refractivity contribution in [3.05, 3.63) is 35.9 Å². The number of hydrogen-bond donors (Lipinski definition) is 2. The molecule has 1 saturated heterocycles. The highest BCUT2D eigenvalue weighted by atomic mass is 16.3. The Morgan fingerprint density at radius 2 is 2.06 bits per heavy atom. The van der Waals surface area contributed by atoms with Crippen molar-refractivity contribution in [3.63, 3.8) is 0 Å². The number of nitrogens with zero attached hydrogens (tertiary/aromatic N) is 1. The third kappa shape index (κ3) is 1.56. The molecule has 3 rings (SSSR count). The molecule has 1 heterocycles. The highest BCUT2D eigenvalue weighted by Crippen LogP contribution is 2.37. The molecule has 0 unspecified atom stereocenters. The Morgan fingerprint density at radius 1 is 1.31 bits per heavy atom. The van der Waals surface area contributed by atoms with E-state index in [1.807, 2.05) is 6.07 Å². The predicted molar refractivity (Wildman–Crippen MR) is 62.7 cm³/mol. The average Bonchev–Trinajstić information content (AvgIpc) is 2.82. The molecule has 1 aromatic rings. The SMILES string of the molecule is N[C@H]1[C@H]2C[C@@H]([C@H]1O)N(Cc1ccccc1)C2. The van der Waals surface area contributed by atoms with E-state index in [1.165, 1.54) is 5.56 Å². The largest absolute Gasteiger partial charge is 0.390 e. The molecule has 1 aliphatic carbocycles. The molecule has 2 aliphatic rings. The zero-order valence-electron chi connectivity index (χ0n) is 9.29. The summed E-state index contributed by atoms with van der Waals surface area (Å²) in [6.45, 7) is 1.98. The lowest BCUT2D eigenvalue weighted by molar-refractivity contribution is 0.0382. The molecule has 0 spiro atoms. The van der Waals surface area contributed by atoms with E-state index in [2.05, 4.69) is 29.2 Å². The monoisotopic (exact) mass is 218 g/mol. The van der Waals surface area contributed by atoms with E-state index in [4.69, 9.17) is 5.73 Å². The molecule has 0 aromatic heterocycles. The maximum Gasteiger partial charge on any atom is 0.0849 e. The zero-order valence-corrected chi connectivity index (χ0v) is 9.29. The summed E-state index contributed by atoms with van der Waals surface area (Å²) in [5.41, 5.74) is 7.26. The molecule has 0 amide bonds. The minimum atomic E-state index is -0.331. The number of hydrogen-bond acceptors (Lipinski definition) is 3. The fourth-order valence-corrected chi connectivity index (χ4v) is 3.14. The maximum atomic E-state index is 9.97. The van der Waals surface area contributed by atoms with Gasteiger partial charge in [-0.1, -0.05) is 30.3 Å². The number of likely N-dealkylation sites (tertiary alicyclic amines) is 1. The lowest BCUT2D eigenvalue weighted by Crippen LogP contribution is -2.51.